The van der Waals surface area contributed by atoms with Gasteiger partial charge in [0.25, 0.3) is 0 Å². The predicted molar refractivity (Wildman–Crippen MR) is 193 cm³/mol. The molecule has 1 rings (SSSR count). The lowest BCUT2D eigenvalue weighted by Crippen LogP contribution is -2.52. The molecule has 8 atom stereocenters. The standard InChI is InChI=1S/C32H57N7O16/c40-14-25(46)31(52)29(50)23(44)10-35-27(48)12-37(13-28(49)36-11-24(45)30(51)32(53)26(47)15-41)6-8-39(22-4-2-1-3-5-22)9-7-38(20-54-18-33-16-42)21-55-19-34-17-43/h1-5,18-19,23-26,29-32,40-47,50-53H,6-17,20-21H2,(H,35,48)(H,36,49). The third-order valence-electron chi connectivity index (χ3n) is 7.87. The van der Waals surface area contributed by atoms with Crippen LogP contribution < -0.4 is 15.5 Å². The van der Waals surface area contributed by atoms with Crippen molar-refractivity contribution in [2.75, 3.05) is 97.4 Å². The van der Waals surface area contributed by atoms with Gasteiger partial charge in [-0.2, -0.15) is 0 Å². The third kappa shape index (κ3) is 20.2. The van der Waals surface area contributed by atoms with Crippen LogP contribution in [0.4, 0.5) is 5.69 Å². The lowest BCUT2D eigenvalue weighted by Gasteiger charge is -2.31. The lowest BCUT2D eigenvalue weighted by atomic mass is 10.0. The van der Waals surface area contributed by atoms with Crippen molar-refractivity contribution in [3.8, 4) is 0 Å². The summed E-state index contributed by atoms with van der Waals surface area (Å²) >= 11 is 0. The molecule has 55 heavy (non-hydrogen) atoms. The zero-order valence-corrected chi connectivity index (χ0v) is 30.3. The summed E-state index contributed by atoms with van der Waals surface area (Å²) in [5.41, 5.74) is 0.753. The highest BCUT2D eigenvalue weighted by molar-refractivity contribution is 5.81. The van der Waals surface area contributed by atoms with Gasteiger partial charge in [-0.3, -0.25) is 14.5 Å². The van der Waals surface area contributed by atoms with Crippen molar-refractivity contribution in [1.82, 2.24) is 20.4 Å². The molecule has 0 aliphatic rings. The fraction of sp³-hybridized carbons (Fsp3) is 0.688. The Morgan fingerprint density at radius 2 is 1.00 bits per heavy atom. The number of anilines is 1. The molecule has 316 valence electrons. The van der Waals surface area contributed by atoms with Crippen molar-refractivity contribution < 1.29 is 80.3 Å². The molecule has 0 bridgehead atoms. The number of aliphatic hydroxyl groups is 12. The number of benzene rings is 1. The summed E-state index contributed by atoms with van der Waals surface area (Å²) in [7, 11) is 0. The summed E-state index contributed by atoms with van der Waals surface area (Å²) in [6.45, 7) is -3.94. The summed E-state index contributed by atoms with van der Waals surface area (Å²) in [5.74, 6) is -1.46. The summed E-state index contributed by atoms with van der Waals surface area (Å²) in [5, 5.41) is 120. The molecule has 0 fully saturated rings. The number of carbonyl (C=O) groups excluding carboxylic acids is 2. The highest BCUT2D eigenvalue weighted by atomic mass is 16.5. The first-order valence-corrected chi connectivity index (χ1v) is 17.1. The maximum absolute atomic E-state index is 13.0. The van der Waals surface area contributed by atoms with E-state index in [9.17, 15) is 50.4 Å². The fourth-order valence-corrected chi connectivity index (χ4v) is 4.69. The number of nitrogens with one attached hydrogen (secondary N) is 2. The van der Waals surface area contributed by atoms with E-state index in [2.05, 4.69) is 20.6 Å². The van der Waals surface area contributed by atoms with Gasteiger partial charge in [-0.1, -0.05) is 18.2 Å². The van der Waals surface area contributed by atoms with Gasteiger partial charge in [-0.15, -0.1) is 0 Å². The van der Waals surface area contributed by atoms with E-state index in [4.69, 9.17) is 29.9 Å². The van der Waals surface area contributed by atoms with Crippen LogP contribution in [0.25, 0.3) is 0 Å². The Labute approximate surface area is 317 Å². The minimum absolute atomic E-state index is 0.0152. The SMILES string of the molecule is O=C(CN(CCN(CCN(COC=NCO)COC=NCO)c1ccccc1)CC(=O)NCC(O)C(O)C(O)C(O)CO)NCC(O)C(O)C(O)C(O)CO. The predicted octanol–water partition coefficient (Wildman–Crippen LogP) is -7.89. The molecule has 0 saturated heterocycles. The molecule has 0 aromatic heterocycles. The first-order valence-electron chi connectivity index (χ1n) is 17.1. The summed E-state index contributed by atoms with van der Waals surface area (Å²) < 4.78 is 10.7. The number of ether oxygens (including phenoxy) is 2. The van der Waals surface area contributed by atoms with E-state index in [0.717, 1.165) is 18.5 Å². The van der Waals surface area contributed by atoms with Gasteiger partial charge in [0.15, 0.2) is 12.8 Å². The largest absolute Gasteiger partial charge is 0.468 e. The number of carbonyl (C=O) groups is 2. The van der Waals surface area contributed by atoms with Crippen molar-refractivity contribution in [1.29, 1.82) is 0 Å². The Hall–Kier alpha value is -3.66. The van der Waals surface area contributed by atoms with Gasteiger partial charge in [0, 0.05) is 45.0 Å². The molecule has 1 aromatic rings. The van der Waals surface area contributed by atoms with Crippen molar-refractivity contribution in [3.63, 3.8) is 0 Å². The van der Waals surface area contributed by atoms with Gasteiger partial charge >= 0.3 is 0 Å². The number of para-hydroxylation sites is 1. The molecular formula is C32H57N7O16. The molecule has 23 heteroatoms. The number of hydrogen-bond acceptors (Lipinski definition) is 21. The van der Waals surface area contributed by atoms with Crippen LogP contribution in [-0.2, 0) is 19.1 Å². The van der Waals surface area contributed by atoms with Gasteiger partial charge < -0.3 is 86.3 Å². The average molecular weight is 796 g/mol. The van der Waals surface area contributed by atoms with Crippen molar-refractivity contribution in [2.24, 2.45) is 9.98 Å². The number of amides is 2. The van der Waals surface area contributed by atoms with Crippen molar-refractivity contribution >= 4 is 30.3 Å². The number of nitrogens with zero attached hydrogens (tertiary/aromatic N) is 5. The van der Waals surface area contributed by atoms with E-state index < -0.39 is 114 Å². The van der Waals surface area contributed by atoms with E-state index in [1.54, 1.807) is 23.1 Å². The van der Waals surface area contributed by atoms with Crippen LogP contribution in [0.2, 0.25) is 0 Å². The normalized spacial score (nSPS) is 16.4. The zero-order chi connectivity index (χ0) is 41.2. The van der Waals surface area contributed by atoms with Crippen LogP contribution in [0.3, 0.4) is 0 Å². The monoisotopic (exact) mass is 795 g/mol. The molecule has 0 radical (unpaired) electrons. The van der Waals surface area contributed by atoms with Gasteiger partial charge in [0.1, 0.15) is 63.5 Å². The summed E-state index contributed by atoms with van der Waals surface area (Å²) in [4.78, 5) is 38.2. The van der Waals surface area contributed by atoms with Gasteiger partial charge in [-0.25, -0.2) is 14.9 Å². The Bertz CT molecular complexity index is 1160. The second-order valence-corrected chi connectivity index (χ2v) is 12.1. The van der Waals surface area contributed by atoms with E-state index in [0.29, 0.717) is 13.1 Å². The molecule has 8 unspecified atom stereocenters. The Kier molecular flexibility index (Phi) is 25.8. The maximum Gasteiger partial charge on any atom is 0.234 e. The number of aliphatic imine (C=N–C) groups is 2. The number of hydrogen-bond donors (Lipinski definition) is 14. The highest BCUT2D eigenvalue weighted by Gasteiger charge is 2.31. The Morgan fingerprint density at radius 1 is 0.600 bits per heavy atom. The van der Waals surface area contributed by atoms with Crippen molar-refractivity contribution in [2.45, 2.75) is 48.8 Å². The molecule has 0 aliphatic heterocycles. The highest BCUT2D eigenvalue weighted by Crippen LogP contribution is 2.14. The van der Waals surface area contributed by atoms with Crippen LogP contribution in [0, 0.1) is 0 Å². The Balaban J connectivity index is 3.13. The molecule has 1 aromatic carbocycles. The van der Waals surface area contributed by atoms with Gasteiger partial charge in [0.2, 0.25) is 11.8 Å². The average Bonchev–Trinajstić information content (AvgIpc) is 3.19. The van der Waals surface area contributed by atoms with Crippen molar-refractivity contribution in [3.05, 3.63) is 30.3 Å². The van der Waals surface area contributed by atoms with E-state index >= 15 is 0 Å². The maximum atomic E-state index is 13.0. The molecular weight excluding hydrogens is 738 g/mol. The van der Waals surface area contributed by atoms with Gasteiger partial charge in [0.05, 0.1) is 38.5 Å². The van der Waals surface area contributed by atoms with Crippen LogP contribution >= 0.6 is 0 Å². The van der Waals surface area contributed by atoms with Crippen LogP contribution in [0.15, 0.2) is 40.3 Å². The zero-order valence-electron chi connectivity index (χ0n) is 30.3. The van der Waals surface area contributed by atoms with Gasteiger partial charge in [-0.05, 0) is 12.1 Å². The molecule has 0 aliphatic carbocycles. The molecule has 14 N–H and O–H groups in total. The summed E-state index contributed by atoms with van der Waals surface area (Å²) in [6, 6.07) is 9.06. The quantitative estimate of drug-likeness (QED) is 0.0188. The molecule has 0 saturated carbocycles. The van der Waals surface area contributed by atoms with E-state index in [1.807, 2.05) is 17.0 Å². The molecule has 2 amide bonds. The van der Waals surface area contributed by atoms with Crippen LogP contribution in [-0.4, -0.2) is 237 Å². The van der Waals surface area contributed by atoms with Crippen LogP contribution in [0.5, 0.6) is 0 Å². The second-order valence-electron chi connectivity index (χ2n) is 12.1. The second kappa shape index (κ2) is 28.7. The smallest absolute Gasteiger partial charge is 0.234 e. The summed E-state index contributed by atoms with van der Waals surface area (Å²) in [6.07, 6.45) is -12.6. The van der Waals surface area contributed by atoms with Crippen LogP contribution in [0.1, 0.15) is 0 Å². The molecule has 0 heterocycles. The molecule has 23 nitrogen and oxygen atoms in total. The van der Waals surface area contributed by atoms with E-state index in [-0.39, 0.29) is 26.6 Å². The number of aliphatic hydroxyl groups excluding tert-OH is 12. The lowest BCUT2D eigenvalue weighted by molar-refractivity contribution is -0.129. The minimum atomic E-state index is -1.93. The minimum Gasteiger partial charge on any atom is -0.468 e. The molecule has 0 spiro atoms. The van der Waals surface area contributed by atoms with E-state index in [1.165, 1.54) is 4.90 Å². The fourth-order valence-electron chi connectivity index (χ4n) is 4.69. The Morgan fingerprint density at radius 3 is 1.40 bits per heavy atom. The number of rotatable bonds is 31. The third-order valence-corrected chi connectivity index (χ3v) is 7.87. The first-order chi connectivity index (χ1) is 26.3. The topological polar surface area (TPSA) is 354 Å². The first kappa shape index (κ1) is 49.4.